The predicted molar refractivity (Wildman–Crippen MR) is 94.1 cm³/mol. The van der Waals surface area contributed by atoms with E-state index >= 15 is 0 Å². The summed E-state index contributed by atoms with van der Waals surface area (Å²) in [6, 6.07) is 10.2. The summed E-state index contributed by atoms with van der Waals surface area (Å²) < 4.78 is 0. The molecule has 1 aromatic rings. The van der Waals surface area contributed by atoms with Crippen molar-refractivity contribution in [1.82, 2.24) is 9.80 Å². The van der Waals surface area contributed by atoms with Gasteiger partial charge in [-0.15, -0.1) is 0 Å². The highest BCUT2D eigenvalue weighted by Gasteiger charge is 2.34. The van der Waals surface area contributed by atoms with Crippen LogP contribution in [0.15, 0.2) is 42.5 Å². The van der Waals surface area contributed by atoms with E-state index in [1.165, 1.54) is 5.56 Å². The standard InChI is InChI=1S/C20H26N2O2/c1-16(23)21-13-10-18(11-14-21)19-9-5-6-12-22(20(19)24)15-17-7-3-2-4-8-17/h2-8,18-19H,9-15H2,1H3. The molecule has 2 amide bonds. The van der Waals surface area contributed by atoms with Gasteiger partial charge in [0.05, 0.1) is 0 Å². The summed E-state index contributed by atoms with van der Waals surface area (Å²) in [6.07, 6.45) is 6.97. The molecule has 128 valence electrons. The largest absolute Gasteiger partial charge is 0.343 e. The van der Waals surface area contributed by atoms with E-state index in [1.807, 2.05) is 28.0 Å². The second-order valence-electron chi connectivity index (χ2n) is 6.86. The Morgan fingerprint density at radius 2 is 1.83 bits per heavy atom. The number of benzene rings is 1. The third kappa shape index (κ3) is 3.86. The number of nitrogens with zero attached hydrogens (tertiary/aromatic N) is 2. The lowest BCUT2D eigenvalue weighted by molar-refractivity contribution is -0.138. The van der Waals surface area contributed by atoms with Crippen molar-refractivity contribution in [1.29, 1.82) is 0 Å². The molecule has 2 aliphatic rings. The Labute approximate surface area is 144 Å². The van der Waals surface area contributed by atoms with Gasteiger partial charge in [-0.2, -0.15) is 0 Å². The van der Waals surface area contributed by atoms with Gasteiger partial charge in [0.2, 0.25) is 11.8 Å². The van der Waals surface area contributed by atoms with Crippen LogP contribution in [0.5, 0.6) is 0 Å². The lowest BCUT2D eigenvalue weighted by Crippen LogP contribution is -2.43. The molecule has 0 aliphatic carbocycles. The normalized spacial score (nSPS) is 22.5. The second kappa shape index (κ2) is 7.65. The Morgan fingerprint density at radius 3 is 2.50 bits per heavy atom. The van der Waals surface area contributed by atoms with E-state index in [0.29, 0.717) is 19.0 Å². The molecule has 24 heavy (non-hydrogen) atoms. The highest BCUT2D eigenvalue weighted by molar-refractivity contribution is 5.80. The number of likely N-dealkylation sites (tertiary alicyclic amines) is 1. The SMILES string of the molecule is CC(=O)N1CCC(C2CC=CCN(Cc3ccccc3)C2=O)CC1. The van der Waals surface area contributed by atoms with Crippen LogP contribution in [-0.2, 0) is 16.1 Å². The van der Waals surface area contributed by atoms with Crippen molar-refractivity contribution in [3.05, 3.63) is 48.0 Å². The van der Waals surface area contributed by atoms with Gasteiger partial charge in [-0.05, 0) is 30.7 Å². The Morgan fingerprint density at radius 1 is 1.12 bits per heavy atom. The molecule has 1 fully saturated rings. The van der Waals surface area contributed by atoms with Crippen molar-refractivity contribution in [2.24, 2.45) is 11.8 Å². The Hall–Kier alpha value is -2.10. The van der Waals surface area contributed by atoms with E-state index in [9.17, 15) is 9.59 Å². The van der Waals surface area contributed by atoms with Crippen molar-refractivity contribution in [3.63, 3.8) is 0 Å². The number of piperidine rings is 1. The van der Waals surface area contributed by atoms with E-state index < -0.39 is 0 Å². The van der Waals surface area contributed by atoms with Crippen LogP contribution in [0.1, 0.15) is 31.7 Å². The Bertz CT molecular complexity index is 603. The lowest BCUT2D eigenvalue weighted by atomic mass is 9.81. The second-order valence-corrected chi connectivity index (χ2v) is 6.86. The number of hydrogen-bond donors (Lipinski definition) is 0. The maximum atomic E-state index is 13.1. The van der Waals surface area contributed by atoms with Gasteiger partial charge in [-0.3, -0.25) is 9.59 Å². The molecule has 3 rings (SSSR count). The highest BCUT2D eigenvalue weighted by Crippen LogP contribution is 2.31. The van der Waals surface area contributed by atoms with Gasteiger partial charge >= 0.3 is 0 Å². The first-order valence-electron chi connectivity index (χ1n) is 8.88. The van der Waals surface area contributed by atoms with E-state index in [4.69, 9.17) is 0 Å². The average Bonchev–Trinajstić information content (AvgIpc) is 2.78. The summed E-state index contributed by atoms with van der Waals surface area (Å²) in [6.45, 7) is 4.56. The molecular weight excluding hydrogens is 300 g/mol. The van der Waals surface area contributed by atoms with Crippen LogP contribution < -0.4 is 0 Å². The molecule has 1 unspecified atom stereocenters. The fourth-order valence-electron chi connectivity index (χ4n) is 3.83. The quantitative estimate of drug-likeness (QED) is 0.802. The average molecular weight is 326 g/mol. The van der Waals surface area contributed by atoms with Crippen LogP contribution in [0.25, 0.3) is 0 Å². The minimum Gasteiger partial charge on any atom is -0.343 e. The van der Waals surface area contributed by atoms with Crippen LogP contribution >= 0.6 is 0 Å². The number of hydrogen-bond acceptors (Lipinski definition) is 2. The van der Waals surface area contributed by atoms with Gasteiger partial charge in [0.25, 0.3) is 0 Å². The molecule has 0 bridgehead atoms. The minimum atomic E-state index is 0.0570. The topological polar surface area (TPSA) is 40.6 Å². The van der Waals surface area contributed by atoms with E-state index in [-0.39, 0.29) is 17.7 Å². The maximum Gasteiger partial charge on any atom is 0.226 e. The fourth-order valence-corrected chi connectivity index (χ4v) is 3.83. The maximum absolute atomic E-state index is 13.1. The zero-order valence-corrected chi connectivity index (χ0v) is 14.4. The first-order valence-corrected chi connectivity index (χ1v) is 8.88. The molecule has 1 atom stereocenters. The summed E-state index contributed by atoms with van der Waals surface area (Å²) in [7, 11) is 0. The van der Waals surface area contributed by atoms with Gasteiger partial charge in [-0.25, -0.2) is 0 Å². The summed E-state index contributed by atoms with van der Waals surface area (Å²) in [5.41, 5.74) is 1.17. The molecule has 1 aromatic carbocycles. The van der Waals surface area contributed by atoms with Gasteiger partial charge in [-0.1, -0.05) is 42.5 Å². The fraction of sp³-hybridized carbons (Fsp3) is 0.500. The van der Waals surface area contributed by atoms with Crippen molar-refractivity contribution >= 4 is 11.8 Å². The first kappa shape index (κ1) is 16.7. The van der Waals surface area contributed by atoms with Crippen LogP contribution in [0.4, 0.5) is 0 Å². The molecule has 1 saturated heterocycles. The van der Waals surface area contributed by atoms with Crippen LogP contribution in [0, 0.1) is 11.8 Å². The third-order valence-electron chi connectivity index (χ3n) is 5.28. The zero-order valence-electron chi connectivity index (χ0n) is 14.4. The summed E-state index contributed by atoms with van der Waals surface area (Å²) in [5, 5.41) is 0. The number of carbonyl (C=O) groups excluding carboxylic acids is 2. The van der Waals surface area contributed by atoms with Crippen molar-refractivity contribution in [2.45, 2.75) is 32.7 Å². The van der Waals surface area contributed by atoms with Crippen molar-refractivity contribution in [3.8, 4) is 0 Å². The number of carbonyl (C=O) groups is 2. The number of amides is 2. The van der Waals surface area contributed by atoms with Crippen molar-refractivity contribution < 1.29 is 9.59 Å². The highest BCUT2D eigenvalue weighted by atomic mass is 16.2. The monoisotopic (exact) mass is 326 g/mol. The number of allylic oxidation sites excluding steroid dienone is 1. The summed E-state index contributed by atoms with van der Waals surface area (Å²) >= 11 is 0. The Balaban J connectivity index is 1.66. The van der Waals surface area contributed by atoms with E-state index in [0.717, 1.165) is 32.4 Å². The molecule has 4 nitrogen and oxygen atoms in total. The van der Waals surface area contributed by atoms with Crippen LogP contribution in [0.3, 0.4) is 0 Å². The lowest BCUT2D eigenvalue weighted by Gasteiger charge is -2.36. The van der Waals surface area contributed by atoms with Gasteiger partial charge in [0, 0.05) is 39.0 Å². The predicted octanol–water partition coefficient (Wildman–Crippen LogP) is 2.85. The molecule has 0 aromatic heterocycles. The van der Waals surface area contributed by atoms with Gasteiger partial charge in [0.1, 0.15) is 0 Å². The first-order chi connectivity index (χ1) is 11.6. The van der Waals surface area contributed by atoms with Gasteiger partial charge in [0.15, 0.2) is 0 Å². The minimum absolute atomic E-state index is 0.0570. The molecule has 0 radical (unpaired) electrons. The van der Waals surface area contributed by atoms with Crippen LogP contribution in [0.2, 0.25) is 0 Å². The molecule has 0 N–H and O–H groups in total. The molecule has 4 heteroatoms. The summed E-state index contributed by atoms with van der Waals surface area (Å²) in [5.74, 6) is 0.854. The molecule has 2 heterocycles. The van der Waals surface area contributed by atoms with E-state index in [2.05, 4.69) is 24.3 Å². The van der Waals surface area contributed by atoms with E-state index in [1.54, 1.807) is 6.92 Å². The van der Waals surface area contributed by atoms with Crippen LogP contribution in [-0.4, -0.2) is 41.2 Å². The molecule has 0 spiro atoms. The Kier molecular flexibility index (Phi) is 5.34. The van der Waals surface area contributed by atoms with Gasteiger partial charge < -0.3 is 9.80 Å². The molecule has 2 aliphatic heterocycles. The number of rotatable bonds is 3. The smallest absolute Gasteiger partial charge is 0.226 e. The van der Waals surface area contributed by atoms with Crippen molar-refractivity contribution in [2.75, 3.05) is 19.6 Å². The molecular formula is C20H26N2O2. The molecule has 0 saturated carbocycles. The summed E-state index contributed by atoms with van der Waals surface area (Å²) in [4.78, 5) is 28.4. The zero-order chi connectivity index (χ0) is 16.9. The third-order valence-corrected chi connectivity index (χ3v) is 5.28.